The van der Waals surface area contributed by atoms with E-state index in [1.54, 1.807) is 6.07 Å². The highest BCUT2D eigenvalue weighted by Gasteiger charge is 2.22. The van der Waals surface area contributed by atoms with E-state index in [4.69, 9.17) is 29.6 Å². The van der Waals surface area contributed by atoms with Crippen LogP contribution in [0.1, 0.15) is 37.7 Å². The van der Waals surface area contributed by atoms with Crippen LogP contribution in [0, 0.1) is 0 Å². The van der Waals surface area contributed by atoms with E-state index in [9.17, 15) is 8.42 Å². The summed E-state index contributed by atoms with van der Waals surface area (Å²) in [4.78, 5) is 0.298. The number of thiocarbonyl (C=S) groups is 1. The summed E-state index contributed by atoms with van der Waals surface area (Å²) in [6.45, 7) is 0. The fourth-order valence-corrected chi connectivity index (χ4v) is 4.28. The monoisotopic (exact) mass is 332 g/mol. The number of hydrogen-bond acceptors (Lipinski definition) is 3. The highest BCUT2D eigenvalue weighted by Crippen LogP contribution is 2.23. The van der Waals surface area contributed by atoms with Crippen LogP contribution in [0.15, 0.2) is 23.1 Å². The quantitative estimate of drug-likeness (QED) is 0.831. The number of nitrogens with two attached hydrogens (primary N) is 1. The van der Waals surface area contributed by atoms with Crippen molar-refractivity contribution in [1.82, 2.24) is 4.72 Å². The molecule has 1 fully saturated rings. The van der Waals surface area contributed by atoms with Crippen LogP contribution in [-0.2, 0) is 10.0 Å². The largest absolute Gasteiger partial charge is 0.389 e. The first-order valence-electron chi connectivity index (χ1n) is 6.52. The van der Waals surface area contributed by atoms with Crippen LogP contribution < -0.4 is 10.5 Å². The van der Waals surface area contributed by atoms with Gasteiger partial charge in [0.05, 0.1) is 9.92 Å². The van der Waals surface area contributed by atoms with Gasteiger partial charge >= 0.3 is 0 Å². The highest BCUT2D eigenvalue weighted by molar-refractivity contribution is 7.89. The van der Waals surface area contributed by atoms with Crippen LogP contribution in [0.4, 0.5) is 0 Å². The number of hydrogen-bond donors (Lipinski definition) is 2. The number of halogens is 1. The van der Waals surface area contributed by atoms with E-state index in [1.165, 1.54) is 18.6 Å². The number of benzene rings is 1. The number of sulfonamides is 1. The van der Waals surface area contributed by atoms with E-state index in [-0.39, 0.29) is 20.9 Å². The molecular weight excluding hydrogens is 316 g/mol. The molecule has 1 aliphatic rings. The lowest BCUT2D eigenvalue weighted by atomic mass is 9.96. The minimum Gasteiger partial charge on any atom is -0.389 e. The third-order valence-electron chi connectivity index (χ3n) is 3.44. The minimum atomic E-state index is -3.54. The summed E-state index contributed by atoms with van der Waals surface area (Å²) in [5.74, 6) is 0. The molecule has 0 saturated heterocycles. The molecule has 0 aliphatic heterocycles. The third kappa shape index (κ3) is 3.69. The zero-order chi connectivity index (χ0) is 14.8. The maximum atomic E-state index is 12.3. The molecule has 110 valence electrons. The molecule has 1 aromatic rings. The average Bonchev–Trinajstić information content (AvgIpc) is 2.38. The summed E-state index contributed by atoms with van der Waals surface area (Å²) in [5.41, 5.74) is 5.99. The van der Waals surface area contributed by atoms with E-state index in [1.807, 2.05) is 0 Å². The lowest BCUT2D eigenvalue weighted by Crippen LogP contribution is -2.36. The van der Waals surface area contributed by atoms with Gasteiger partial charge in [-0.1, -0.05) is 43.1 Å². The second kappa shape index (κ2) is 6.39. The topological polar surface area (TPSA) is 72.2 Å². The first-order valence-corrected chi connectivity index (χ1v) is 8.79. The summed E-state index contributed by atoms with van der Waals surface area (Å²) >= 11 is 10.9. The van der Waals surface area contributed by atoms with Crippen molar-refractivity contribution in [3.63, 3.8) is 0 Å². The molecule has 0 amide bonds. The molecule has 4 nitrogen and oxygen atoms in total. The Labute approximate surface area is 129 Å². The zero-order valence-electron chi connectivity index (χ0n) is 10.9. The lowest BCUT2D eigenvalue weighted by Gasteiger charge is -2.22. The fraction of sp³-hybridized carbons (Fsp3) is 0.462. The molecule has 7 heteroatoms. The minimum absolute atomic E-state index is 0.0165. The molecule has 0 radical (unpaired) electrons. The Balaban J connectivity index is 2.20. The Morgan fingerprint density at radius 2 is 1.95 bits per heavy atom. The molecule has 0 unspecified atom stereocenters. The normalized spacial score (nSPS) is 17.1. The van der Waals surface area contributed by atoms with Crippen molar-refractivity contribution in [3.8, 4) is 0 Å². The molecule has 0 aromatic heterocycles. The smallest absolute Gasteiger partial charge is 0.240 e. The van der Waals surface area contributed by atoms with Gasteiger partial charge in [0.25, 0.3) is 0 Å². The van der Waals surface area contributed by atoms with Crippen molar-refractivity contribution in [3.05, 3.63) is 28.8 Å². The molecule has 20 heavy (non-hydrogen) atoms. The van der Waals surface area contributed by atoms with Crippen LogP contribution in [0.3, 0.4) is 0 Å². The van der Waals surface area contributed by atoms with Gasteiger partial charge in [0, 0.05) is 11.6 Å². The number of rotatable bonds is 4. The van der Waals surface area contributed by atoms with Crippen molar-refractivity contribution in [2.75, 3.05) is 0 Å². The summed E-state index contributed by atoms with van der Waals surface area (Å²) in [6.07, 6.45) is 5.07. The van der Waals surface area contributed by atoms with Gasteiger partial charge in [-0.25, -0.2) is 13.1 Å². The Bertz CT molecular complexity index is 611. The van der Waals surface area contributed by atoms with Gasteiger partial charge in [-0.2, -0.15) is 0 Å². The third-order valence-corrected chi connectivity index (χ3v) is 5.49. The van der Waals surface area contributed by atoms with Crippen molar-refractivity contribution in [2.45, 2.75) is 43.0 Å². The van der Waals surface area contributed by atoms with Gasteiger partial charge in [-0.15, -0.1) is 0 Å². The highest BCUT2D eigenvalue weighted by atomic mass is 35.5. The van der Waals surface area contributed by atoms with Crippen molar-refractivity contribution in [2.24, 2.45) is 5.73 Å². The maximum absolute atomic E-state index is 12.3. The average molecular weight is 333 g/mol. The first-order chi connectivity index (χ1) is 9.40. The summed E-state index contributed by atoms with van der Waals surface area (Å²) < 4.78 is 27.3. The molecule has 0 spiro atoms. The van der Waals surface area contributed by atoms with Crippen LogP contribution in [-0.4, -0.2) is 19.4 Å². The van der Waals surface area contributed by atoms with Gasteiger partial charge in [-0.3, -0.25) is 0 Å². The molecule has 1 aliphatic carbocycles. The Kier molecular flexibility index (Phi) is 5.01. The fourth-order valence-electron chi connectivity index (χ4n) is 2.37. The molecule has 0 bridgehead atoms. The van der Waals surface area contributed by atoms with Gasteiger partial charge < -0.3 is 5.73 Å². The maximum Gasteiger partial charge on any atom is 0.240 e. The second-order valence-corrected chi connectivity index (χ2v) is 7.52. The molecule has 1 saturated carbocycles. The Hall–Kier alpha value is -0.690. The predicted octanol–water partition coefficient (Wildman–Crippen LogP) is 2.59. The summed E-state index contributed by atoms with van der Waals surface area (Å²) in [7, 11) is -3.54. The van der Waals surface area contributed by atoms with E-state index in [2.05, 4.69) is 4.72 Å². The molecule has 0 atom stereocenters. The van der Waals surface area contributed by atoms with Crippen molar-refractivity contribution < 1.29 is 8.42 Å². The zero-order valence-corrected chi connectivity index (χ0v) is 13.3. The summed E-state index contributed by atoms with van der Waals surface area (Å²) in [6, 6.07) is 4.43. The predicted molar refractivity (Wildman–Crippen MR) is 84.5 cm³/mol. The molecular formula is C13H17ClN2O2S2. The molecule has 1 aromatic carbocycles. The Morgan fingerprint density at radius 1 is 1.30 bits per heavy atom. The van der Waals surface area contributed by atoms with E-state index >= 15 is 0 Å². The van der Waals surface area contributed by atoms with Crippen molar-refractivity contribution in [1.29, 1.82) is 0 Å². The van der Waals surface area contributed by atoms with Crippen LogP contribution in [0.25, 0.3) is 0 Å². The van der Waals surface area contributed by atoms with Crippen LogP contribution in [0.5, 0.6) is 0 Å². The first kappa shape index (κ1) is 15.7. The van der Waals surface area contributed by atoms with Gasteiger partial charge in [0.1, 0.15) is 4.99 Å². The summed E-state index contributed by atoms with van der Waals surface area (Å²) in [5, 5.41) is 0.254. The second-order valence-electron chi connectivity index (χ2n) is 4.96. The van der Waals surface area contributed by atoms with E-state index in [0.29, 0.717) is 5.56 Å². The van der Waals surface area contributed by atoms with Crippen LogP contribution >= 0.6 is 23.8 Å². The molecule has 3 N–H and O–H groups in total. The SMILES string of the molecule is NC(=S)c1ccc(S(=O)(=O)NC2CCCCC2)cc1Cl. The van der Waals surface area contributed by atoms with Crippen LogP contribution in [0.2, 0.25) is 5.02 Å². The van der Waals surface area contributed by atoms with Gasteiger partial charge in [0.15, 0.2) is 0 Å². The van der Waals surface area contributed by atoms with Gasteiger partial charge in [-0.05, 0) is 31.0 Å². The van der Waals surface area contributed by atoms with Gasteiger partial charge in [0.2, 0.25) is 10.0 Å². The number of nitrogens with one attached hydrogen (secondary N) is 1. The van der Waals surface area contributed by atoms with E-state index < -0.39 is 10.0 Å². The molecule has 2 rings (SSSR count). The lowest BCUT2D eigenvalue weighted by molar-refractivity contribution is 0.412. The standard InChI is InChI=1S/C13H17ClN2O2S2/c14-12-8-10(6-7-11(12)13(15)19)20(17,18)16-9-4-2-1-3-5-9/h6-9,16H,1-5H2,(H2,15,19). The van der Waals surface area contributed by atoms with Crippen molar-refractivity contribution >= 4 is 38.8 Å². The van der Waals surface area contributed by atoms with E-state index in [0.717, 1.165) is 25.7 Å². The Morgan fingerprint density at radius 3 is 2.50 bits per heavy atom. The molecule has 0 heterocycles.